The summed E-state index contributed by atoms with van der Waals surface area (Å²) in [6.07, 6.45) is 1.83. The minimum Gasteiger partial charge on any atom is -0.318 e. The van der Waals surface area contributed by atoms with E-state index < -0.39 is 0 Å². The summed E-state index contributed by atoms with van der Waals surface area (Å²) in [5.41, 5.74) is 7.50. The number of thioether (sulfide) groups is 1. The number of imide groups is 1. The second-order valence-corrected chi connectivity index (χ2v) is 9.20. The molecule has 3 aromatic rings. The van der Waals surface area contributed by atoms with Crippen LogP contribution < -0.4 is 0 Å². The standard InChI is InChI=1S/C25H23ClN2O2S/c1-15-6-5-7-22(17(15)3)28-16(2)12-20(18(28)4)13-23-24(29)27(25(30)31-23)14-19-8-10-21(26)11-9-19/h5-13H,14H2,1-4H3/b23-13-. The lowest BCUT2D eigenvalue weighted by atomic mass is 10.1. The predicted octanol–water partition coefficient (Wildman–Crippen LogP) is 6.60. The van der Waals surface area contributed by atoms with Gasteiger partial charge in [-0.25, -0.2) is 0 Å². The monoisotopic (exact) mass is 450 g/mol. The number of nitrogens with zero attached hydrogens (tertiary/aromatic N) is 2. The minimum atomic E-state index is -0.263. The highest BCUT2D eigenvalue weighted by atomic mass is 35.5. The van der Waals surface area contributed by atoms with Gasteiger partial charge >= 0.3 is 0 Å². The largest absolute Gasteiger partial charge is 0.318 e. The maximum Gasteiger partial charge on any atom is 0.293 e. The van der Waals surface area contributed by atoms with Crippen LogP contribution in [0.5, 0.6) is 0 Å². The van der Waals surface area contributed by atoms with Crippen LogP contribution in [0.25, 0.3) is 11.8 Å². The molecule has 0 bridgehead atoms. The van der Waals surface area contributed by atoms with E-state index in [-0.39, 0.29) is 17.7 Å². The van der Waals surface area contributed by atoms with Crippen molar-refractivity contribution in [2.75, 3.05) is 0 Å². The number of amides is 2. The lowest BCUT2D eigenvalue weighted by molar-refractivity contribution is -0.123. The molecule has 4 nitrogen and oxygen atoms in total. The number of halogens is 1. The summed E-state index contributed by atoms with van der Waals surface area (Å²) in [7, 11) is 0. The van der Waals surface area contributed by atoms with Crippen LogP contribution in [0.4, 0.5) is 4.79 Å². The van der Waals surface area contributed by atoms with E-state index in [1.54, 1.807) is 12.1 Å². The van der Waals surface area contributed by atoms with Gasteiger partial charge in [0.25, 0.3) is 11.1 Å². The van der Waals surface area contributed by atoms with Crippen LogP contribution in [0.3, 0.4) is 0 Å². The summed E-state index contributed by atoms with van der Waals surface area (Å²) >= 11 is 6.92. The first-order valence-corrected chi connectivity index (χ1v) is 11.2. The van der Waals surface area contributed by atoms with Gasteiger partial charge in [-0.1, -0.05) is 35.9 Å². The molecule has 0 unspecified atom stereocenters. The third-order valence-electron chi connectivity index (χ3n) is 5.70. The molecule has 6 heteroatoms. The van der Waals surface area contributed by atoms with Gasteiger partial charge in [0.15, 0.2) is 0 Å². The van der Waals surface area contributed by atoms with E-state index in [9.17, 15) is 9.59 Å². The second-order valence-electron chi connectivity index (χ2n) is 7.78. The van der Waals surface area contributed by atoms with Gasteiger partial charge < -0.3 is 4.57 Å². The van der Waals surface area contributed by atoms with E-state index in [2.05, 4.69) is 49.6 Å². The Morgan fingerprint density at radius 2 is 1.71 bits per heavy atom. The quantitative estimate of drug-likeness (QED) is 0.420. The van der Waals surface area contributed by atoms with E-state index in [4.69, 9.17) is 11.6 Å². The highest BCUT2D eigenvalue weighted by Gasteiger charge is 2.35. The molecule has 1 aliphatic heterocycles. The van der Waals surface area contributed by atoms with Crippen LogP contribution in [0, 0.1) is 27.7 Å². The molecule has 0 spiro atoms. The van der Waals surface area contributed by atoms with Crippen LogP contribution in [0.1, 0.15) is 33.6 Å². The molecule has 1 aliphatic rings. The molecule has 0 saturated carbocycles. The Hall–Kier alpha value is -2.76. The van der Waals surface area contributed by atoms with Crippen molar-refractivity contribution in [1.82, 2.24) is 9.47 Å². The number of hydrogen-bond acceptors (Lipinski definition) is 3. The molecule has 31 heavy (non-hydrogen) atoms. The Balaban J connectivity index is 1.65. The Bertz CT molecular complexity index is 1230. The molecular formula is C25H23ClN2O2S. The SMILES string of the molecule is Cc1cccc(-n2c(C)cc(/C=C3\SC(=O)N(Cc4ccc(Cl)cc4)C3=O)c2C)c1C. The van der Waals surface area contributed by atoms with Gasteiger partial charge in [-0.2, -0.15) is 0 Å². The summed E-state index contributed by atoms with van der Waals surface area (Å²) in [6.45, 7) is 8.55. The first-order valence-electron chi connectivity index (χ1n) is 10.0. The maximum atomic E-state index is 12.9. The number of carbonyl (C=O) groups excluding carboxylic acids is 2. The zero-order chi connectivity index (χ0) is 22.3. The average Bonchev–Trinajstić information content (AvgIpc) is 3.15. The highest BCUT2D eigenvalue weighted by Crippen LogP contribution is 2.35. The predicted molar refractivity (Wildman–Crippen MR) is 128 cm³/mol. The summed E-state index contributed by atoms with van der Waals surface area (Å²) in [4.78, 5) is 27.2. The Morgan fingerprint density at radius 1 is 1.00 bits per heavy atom. The van der Waals surface area contributed by atoms with Crippen molar-refractivity contribution in [3.05, 3.63) is 92.1 Å². The fourth-order valence-electron chi connectivity index (χ4n) is 3.83. The van der Waals surface area contributed by atoms with Gasteiger partial charge in [0, 0.05) is 22.1 Å². The van der Waals surface area contributed by atoms with Crippen LogP contribution in [-0.2, 0) is 11.3 Å². The molecule has 0 N–H and O–H groups in total. The summed E-state index contributed by atoms with van der Waals surface area (Å²) < 4.78 is 2.20. The normalized spacial score (nSPS) is 15.4. The van der Waals surface area contributed by atoms with Crippen LogP contribution in [-0.4, -0.2) is 20.6 Å². The zero-order valence-electron chi connectivity index (χ0n) is 17.9. The van der Waals surface area contributed by atoms with E-state index in [0.29, 0.717) is 9.93 Å². The van der Waals surface area contributed by atoms with E-state index >= 15 is 0 Å². The Labute approximate surface area is 191 Å². The zero-order valence-corrected chi connectivity index (χ0v) is 19.5. The molecule has 2 heterocycles. The summed E-state index contributed by atoms with van der Waals surface area (Å²) in [6, 6.07) is 15.5. The smallest absolute Gasteiger partial charge is 0.293 e. The molecule has 2 aromatic carbocycles. The Kier molecular flexibility index (Phi) is 5.82. The van der Waals surface area contributed by atoms with Crippen molar-refractivity contribution in [1.29, 1.82) is 0 Å². The van der Waals surface area contributed by atoms with Gasteiger partial charge in [-0.05, 0) is 92.1 Å². The molecule has 0 radical (unpaired) electrons. The van der Waals surface area contributed by atoms with E-state index in [1.807, 2.05) is 25.1 Å². The molecule has 2 amide bonds. The molecule has 1 aromatic heterocycles. The molecule has 1 fully saturated rings. The van der Waals surface area contributed by atoms with Crippen molar-refractivity contribution in [2.45, 2.75) is 34.2 Å². The molecule has 1 saturated heterocycles. The highest BCUT2D eigenvalue weighted by molar-refractivity contribution is 8.18. The average molecular weight is 451 g/mol. The number of aryl methyl sites for hydroxylation is 2. The van der Waals surface area contributed by atoms with Gasteiger partial charge in [0.05, 0.1) is 11.4 Å². The number of benzene rings is 2. The second kappa shape index (κ2) is 8.40. The van der Waals surface area contributed by atoms with E-state index in [1.165, 1.54) is 16.0 Å². The van der Waals surface area contributed by atoms with Crippen LogP contribution >= 0.6 is 23.4 Å². The van der Waals surface area contributed by atoms with Crippen molar-refractivity contribution in [3.63, 3.8) is 0 Å². The van der Waals surface area contributed by atoms with Crippen molar-refractivity contribution < 1.29 is 9.59 Å². The fraction of sp³-hybridized carbons (Fsp3) is 0.200. The number of carbonyl (C=O) groups is 2. The van der Waals surface area contributed by atoms with Gasteiger partial charge in [-0.3, -0.25) is 14.5 Å². The topological polar surface area (TPSA) is 42.3 Å². The molecular weight excluding hydrogens is 428 g/mol. The molecule has 0 atom stereocenters. The summed E-state index contributed by atoms with van der Waals surface area (Å²) in [5, 5.41) is 0.367. The third kappa shape index (κ3) is 4.08. The van der Waals surface area contributed by atoms with Crippen molar-refractivity contribution >= 4 is 40.6 Å². The third-order valence-corrected chi connectivity index (χ3v) is 6.86. The first kappa shape index (κ1) is 21.5. The fourth-order valence-corrected chi connectivity index (χ4v) is 4.79. The number of aromatic nitrogens is 1. The first-order chi connectivity index (χ1) is 14.8. The summed E-state index contributed by atoms with van der Waals surface area (Å²) in [5.74, 6) is -0.263. The molecule has 4 rings (SSSR count). The van der Waals surface area contributed by atoms with Crippen molar-refractivity contribution in [2.24, 2.45) is 0 Å². The van der Waals surface area contributed by atoms with Gasteiger partial charge in [0.2, 0.25) is 0 Å². The van der Waals surface area contributed by atoms with Gasteiger partial charge in [0.1, 0.15) is 0 Å². The maximum absolute atomic E-state index is 12.9. The molecule has 0 aliphatic carbocycles. The number of rotatable bonds is 4. The van der Waals surface area contributed by atoms with E-state index in [0.717, 1.165) is 40.0 Å². The molecule has 158 valence electrons. The Morgan fingerprint density at radius 3 is 2.42 bits per heavy atom. The lowest BCUT2D eigenvalue weighted by Gasteiger charge is -2.14. The number of hydrogen-bond donors (Lipinski definition) is 0. The van der Waals surface area contributed by atoms with Crippen molar-refractivity contribution in [3.8, 4) is 5.69 Å². The van der Waals surface area contributed by atoms with Crippen LogP contribution in [0.2, 0.25) is 5.02 Å². The lowest BCUT2D eigenvalue weighted by Crippen LogP contribution is -2.27. The minimum absolute atomic E-state index is 0.237. The van der Waals surface area contributed by atoms with Gasteiger partial charge in [-0.15, -0.1) is 0 Å². The van der Waals surface area contributed by atoms with Crippen LogP contribution in [0.15, 0.2) is 53.4 Å².